The molecule has 0 aliphatic rings. The lowest BCUT2D eigenvalue weighted by molar-refractivity contribution is 0.225. The van der Waals surface area contributed by atoms with Gasteiger partial charge in [0, 0.05) is 24.8 Å². The fourth-order valence-electron chi connectivity index (χ4n) is 2.06. The Labute approximate surface area is 124 Å². The first-order valence-electron chi connectivity index (χ1n) is 7.96. The van der Waals surface area contributed by atoms with Gasteiger partial charge in [0.05, 0.1) is 6.61 Å². The maximum absolute atomic E-state index is 5.86. The van der Waals surface area contributed by atoms with Crippen LogP contribution in [0, 0.1) is 5.92 Å². The Bertz CT molecular complexity index is 366. The van der Waals surface area contributed by atoms with Crippen molar-refractivity contribution in [1.82, 2.24) is 10.3 Å². The topological polar surface area (TPSA) is 34.1 Å². The molecule has 0 radical (unpaired) electrons. The average molecular weight is 278 g/mol. The molecule has 0 aromatic carbocycles. The summed E-state index contributed by atoms with van der Waals surface area (Å²) in [5.74, 6) is 1.40. The Hall–Kier alpha value is -1.09. The number of pyridine rings is 1. The molecule has 0 saturated carbocycles. The smallest absolute Gasteiger partial charge is 0.213 e. The molecule has 114 valence electrons. The van der Waals surface area contributed by atoms with Crippen LogP contribution in [0.15, 0.2) is 18.3 Å². The highest BCUT2D eigenvalue weighted by Crippen LogP contribution is 2.16. The van der Waals surface area contributed by atoms with Crippen molar-refractivity contribution in [2.45, 2.75) is 66.0 Å². The lowest BCUT2D eigenvalue weighted by Crippen LogP contribution is -2.21. The van der Waals surface area contributed by atoms with Gasteiger partial charge in [-0.2, -0.15) is 0 Å². The molecule has 1 rings (SSSR count). The third-order valence-corrected chi connectivity index (χ3v) is 3.52. The van der Waals surface area contributed by atoms with Crippen molar-refractivity contribution in [2.75, 3.05) is 6.61 Å². The number of nitrogens with zero attached hydrogens (tertiary/aromatic N) is 1. The number of rotatable bonds is 10. The molecule has 1 N–H and O–H groups in total. The SMILES string of the molecule is CCCCC(CC)COc1cc(CNC(C)C)ccn1. The molecule has 0 amide bonds. The quantitative estimate of drug-likeness (QED) is 0.697. The van der Waals surface area contributed by atoms with Crippen LogP contribution in [0.3, 0.4) is 0 Å². The van der Waals surface area contributed by atoms with E-state index in [1.807, 2.05) is 18.3 Å². The van der Waals surface area contributed by atoms with E-state index in [9.17, 15) is 0 Å². The zero-order valence-electron chi connectivity index (χ0n) is 13.5. The number of hydrogen-bond acceptors (Lipinski definition) is 3. The van der Waals surface area contributed by atoms with Gasteiger partial charge in [-0.3, -0.25) is 0 Å². The van der Waals surface area contributed by atoms with E-state index < -0.39 is 0 Å². The summed E-state index contributed by atoms with van der Waals surface area (Å²) in [6.07, 6.45) is 6.80. The third kappa shape index (κ3) is 6.90. The fourth-order valence-corrected chi connectivity index (χ4v) is 2.06. The molecule has 0 spiro atoms. The van der Waals surface area contributed by atoms with E-state index >= 15 is 0 Å². The summed E-state index contributed by atoms with van der Waals surface area (Å²) in [4.78, 5) is 4.30. The van der Waals surface area contributed by atoms with Crippen molar-refractivity contribution in [2.24, 2.45) is 5.92 Å². The molecule has 0 fully saturated rings. The van der Waals surface area contributed by atoms with Crippen molar-refractivity contribution < 1.29 is 4.74 Å². The van der Waals surface area contributed by atoms with Crippen LogP contribution in [-0.4, -0.2) is 17.6 Å². The van der Waals surface area contributed by atoms with Crippen LogP contribution in [-0.2, 0) is 6.54 Å². The zero-order chi connectivity index (χ0) is 14.8. The summed E-state index contributed by atoms with van der Waals surface area (Å²) in [7, 11) is 0. The lowest BCUT2D eigenvalue weighted by Gasteiger charge is -2.15. The van der Waals surface area contributed by atoms with Gasteiger partial charge in [-0.15, -0.1) is 0 Å². The van der Waals surface area contributed by atoms with E-state index in [1.54, 1.807) is 0 Å². The van der Waals surface area contributed by atoms with E-state index in [0.29, 0.717) is 12.0 Å². The van der Waals surface area contributed by atoms with Crippen LogP contribution < -0.4 is 10.1 Å². The highest BCUT2D eigenvalue weighted by Gasteiger charge is 2.07. The fraction of sp³-hybridized carbons (Fsp3) is 0.706. The molecule has 1 unspecified atom stereocenters. The predicted molar refractivity (Wildman–Crippen MR) is 85.0 cm³/mol. The summed E-state index contributed by atoms with van der Waals surface area (Å²) in [6, 6.07) is 4.57. The standard InChI is InChI=1S/C17H30N2O/c1-5-7-8-15(6-2)13-20-17-11-16(9-10-18-17)12-19-14(3)4/h9-11,14-15,19H,5-8,12-13H2,1-4H3. The second kappa shape index (κ2) is 9.76. The molecule has 1 atom stereocenters. The first kappa shape index (κ1) is 17.0. The van der Waals surface area contributed by atoms with Crippen LogP contribution >= 0.6 is 0 Å². The van der Waals surface area contributed by atoms with Gasteiger partial charge in [0.25, 0.3) is 0 Å². The van der Waals surface area contributed by atoms with Gasteiger partial charge in [0.2, 0.25) is 5.88 Å². The molecular weight excluding hydrogens is 248 g/mol. The Morgan fingerprint density at radius 1 is 1.30 bits per heavy atom. The van der Waals surface area contributed by atoms with Gasteiger partial charge >= 0.3 is 0 Å². The Morgan fingerprint density at radius 2 is 2.10 bits per heavy atom. The second-order valence-corrected chi connectivity index (χ2v) is 5.77. The number of aromatic nitrogens is 1. The largest absolute Gasteiger partial charge is 0.477 e. The van der Waals surface area contributed by atoms with Crippen LogP contribution in [0.1, 0.15) is 58.9 Å². The van der Waals surface area contributed by atoms with E-state index in [-0.39, 0.29) is 0 Å². The van der Waals surface area contributed by atoms with Gasteiger partial charge in [0.1, 0.15) is 0 Å². The van der Waals surface area contributed by atoms with Gasteiger partial charge in [-0.1, -0.05) is 47.0 Å². The monoisotopic (exact) mass is 278 g/mol. The molecule has 0 bridgehead atoms. The third-order valence-electron chi connectivity index (χ3n) is 3.52. The van der Waals surface area contributed by atoms with E-state index in [0.717, 1.165) is 19.0 Å². The van der Waals surface area contributed by atoms with Gasteiger partial charge in [0.15, 0.2) is 0 Å². The van der Waals surface area contributed by atoms with Crippen LogP contribution in [0.2, 0.25) is 0 Å². The molecule has 3 nitrogen and oxygen atoms in total. The minimum Gasteiger partial charge on any atom is -0.477 e. The number of hydrogen-bond donors (Lipinski definition) is 1. The maximum Gasteiger partial charge on any atom is 0.213 e. The van der Waals surface area contributed by atoms with Crippen LogP contribution in [0.4, 0.5) is 0 Å². The molecule has 0 saturated heterocycles. The maximum atomic E-state index is 5.86. The summed E-state index contributed by atoms with van der Waals surface area (Å²) in [6.45, 7) is 10.4. The van der Waals surface area contributed by atoms with Gasteiger partial charge < -0.3 is 10.1 Å². The Kier molecular flexibility index (Phi) is 8.28. The second-order valence-electron chi connectivity index (χ2n) is 5.77. The van der Waals surface area contributed by atoms with E-state index in [1.165, 1.54) is 31.2 Å². The molecular formula is C17H30N2O. The predicted octanol–water partition coefficient (Wildman–Crippen LogP) is 4.17. The van der Waals surface area contributed by atoms with Gasteiger partial charge in [-0.05, 0) is 24.0 Å². The van der Waals surface area contributed by atoms with Crippen molar-refractivity contribution in [3.8, 4) is 5.88 Å². The van der Waals surface area contributed by atoms with Crippen molar-refractivity contribution in [3.63, 3.8) is 0 Å². The highest BCUT2D eigenvalue weighted by molar-refractivity contribution is 5.20. The molecule has 0 aliphatic heterocycles. The van der Waals surface area contributed by atoms with Crippen LogP contribution in [0.25, 0.3) is 0 Å². The molecule has 0 aliphatic carbocycles. The lowest BCUT2D eigenvalue weighted by atomic mass is 10.0. The number of nitrogens with one attached hydrogen (secondary N) is 1. The van der Waals surface area contributed by atoms with Crippen molar-refractivity contribution in [1.29, 1.82) is 0 Å². The average Bonchev–Trinajstić information content (AvgIpc) is 2.46. The van der Waals surface area contributed by atoms with Crippen LogP contribution in [0.5, 0.6) is 5.88 Å². The zero-order valence-corrected chi connectivity index (χ0v) is 13.5. The molecule has 1 aromatic heterocycles. The summed E-state index contributed by atoms with van der Waals surface area (Å²) >= 11 is 0. The normalized spacial score (nSPS) is 12.7. The van der Waals surface area contributed by atoms with Crippen molar-refractivity contribution >= 4 is 0 Å². The first-order valence-corrected chi connectivity index (χ1v) is 7.96. The number of unbranched alkanes of at least 4 members (excludes halogenated alkanes) is 1. The van der Waals surface area contributed by atoms with E-state index in [4.69, 9.17) is 4.74 Å². The number of ether oxygens (including phenoxy) is 1. The Morgan fingerprint density at radius 3 is 2.75 bits per heavy atom. The summed E-state index contributed by atoms with van der Waals surface area (Å²) in [5, 5.41) is 3.41. The first-order chi connectivity index (χ1) is 9.65. The minimum atomic E-state index is 0.492. The van der Waals surface area contributed by atoms with E-state index in [2.05, 4.69) is 38.0 Å². The highest BCUT2D eigenvalue weighted by atomic mass is 16.5. The van der Waals surface area contributed by atoms with Crippen molar-refractivity contribution in [3.05, 3.63) is 23.9 Å². The summed E-state index contributed by atoms with van der Waals surface area (Å²) < 4.78 is 5.86. The molecule has 1 aromatic rings. The Balaban J connectivity index is 2.44. The summed E-state index contributed by atoms with van der Waals surface area (Å²) in [5.41, 5.74) is 1.23. The van der Waals surface area contributed by atoms with Gasteiger partial charge in [-0.25, -0.2) is 4.98 Å². The minimum absolute atomic E-state index is 0.492. The molecule has 1 heterocycles. The molecule has 20 heavy (non-hydrogen) atoms. The molecule has 3 heteroatoms.